The van der Waals surface area contributed by atoms with Crippen LogP contribution in [0.5, 0.6) is 5.75 Å². The van der Waals surface area contributed by atoms with Gasteiger partial charge in [0.15, 0.2) is 0 Å². The predicted molar refractivity (Wildman–Crippen MR) is 84.0 cm³/mol. The number of benzene rings is 1. The highest BCUT2D eigenvalue weighted by atomic mass is 16.5. The van der Waals surface area contributed by atoms with E-state index in [4.69, 9.17) is 4.74 Å². The summed E-state index contributed by atoms with van der Waals surface area (Å²) in [6, 6.07) is 5.89. The molecular weight excluding hydrogens is 264 g/mol. The molecule has 112 valence electrons. The maximum Gasteiger partial charge on any atom is 0.270 e. The molecule has 1 fully saturated rings. The summed E-state index contributed by atoms with van der Waals surface area (Å²) in [4.78, 5) is 18.0. The molecule has 0 bridgehead atoms. The van der Waals surface area contributed by atoms with Crippen LogP contribution >= 0.6 is 0 Å². The van der Waals surface area contributed by atoms with Gasteiger partial charge in [0, 0.05) is 30.1 Å². The van der Waals surface area contributed by atoms with Crippen molar-refractivity contribution in [3.63, 3.8) is 0 Å². The lowest BCUT2D eigenvalue weighted by Crippen LogP contribution is -2.32. The third-order valence-corrected chi connectivity index (χ3v) is 4.37. The number of carbonyl (C=O) groups is 1. The van der Waals surface area contributed by atoms with Gasteiger partial charge >= 0.3 is 0 Å². The zero-order valence-corrected chi connectivity index (χ0v) is 12.7. The fraction of sp³-hybridized carbons (Fsp3) is 0.471. The van der Waals surface area contributed by atoms with Crippen LogP contribution in [0.15, 0.2) is 18.2 Å². The molecule has 0 spiro atoms. The SMILES string of the molecule is COc1ccc2c(C)c(C(=O)N3CCCCCC3)[nH]c2c1. The summed E-state index contributed by atoms with van der Waals surface area (Å²) in [5.41, 5.74) is 2.71. The van der Waals surface area contributed by atoms with E-state index in [1.165, 1.54) is 12.8 Å². The van der Waals surface area contributed by atoms with E-state index in [1.807, 2.05) is 30.0 Å². The van der Waals surface area contributed by atoms with E-state index < -0.39 is 0 Å². The second-order valence-electron chi connectivity index (χ2n) is 5.74. The maximum absolute atomic E-state index is 12.8. The number of fused-ring (bicyclic) bond motifs is 1. The van der Waals surface area contributed by atoms with E-state index in [9.17, 15) is 4.79 Å². The molecule has 1 aliphatic rings. The van der Waals surface area contributed by atoms with Gasteiger partial charge in [0.05, 0.1) is 7.11 Å². The van der Waals surface area contributed by atoms with Crippen LogP contribution in [0.1, 0.15) is 41.7 Å². The standard InChI is InChI=1S/C17H22N2O2/c1-12-14-8-7-13(21-2)11-15(14)18-16(12)17(20)19-9-5-3-4-6-10-19/h7-8,11,18H,3-6,9-10H2,1-2H3. The molecule has 0 radical (unpaired) electrons. The quantitative estimate of drug-likeness (QED) is 0.918. The number of aromatic nitrogens is 1. The van der Waals surface area contributed by atoms with Crippen LogP contribution in [-0.4, -0.2) is 36.0 Å². The highest BCUT2D eigenvalue weighted by Gasteiger charge is 2.21. The van der Waals surface area contributed by atoms with Crippen molar-refractivity contribution in [3.8, 4) is 5.75 Å². The van der Waals surface area contributed by atoms with Crippen LogP contribution < -0.4 is 4.74 Å². The summed E-state index contributed by atoms with van der Waals surface area (Å²) >= 11 is 0. The van der Waals surface area contributed by atoms with E-state index in [0.717, 1.165) is 53.8 Å². The minimum Gasteiger partial charge on any atom is -0.497 e. The minimum absolute atomic E-state index is 0.129. The predicted octanol–water partition coefficient (Wildman–Crippen LogP) is 3.50. The van der Waals surface area contributed by atoms with Gasteiger partial charge in [-0.2, -0.15) is 0 Å². The highest BCUT2D eigenvalue weighted by Crippen LogP contribution is 2.26. The Morgan fingerprint density at radius 3 is 2.57 bits per heavy atom. The molecule has 1 saturated heterocycles. The first-order valence-electron chi connectivity index (χ1n) is 7.66. The number of nitrogens with one attached hydrogen (secondary N) is 1. The van der Waals surface area contributed by atoms with E-state index >= 15 is 0 Å². The smallest absolute Gasteiger partial charge is 0.270 e. The van der Waals surface area contributed by atoms with Gasteiger partial charge in [0.2, 0.25) is 0 Å². The first kappa shape index (κ1) is 14.0. The van der Waals surface area contributed by atoms with E-state index in [0.29, 0.717) is 0 Å². The summed E-state index contributed by atoms with van der Waals surface area (Å²) in [6.07, 6.45) is 4.68. The van der Waals surface area contributed by atoms with Crippen molar-refractivity contribution in [2.45, 2.75) is 32.6 Å². The number of amides is 1. The topological polar surface area (TPSA) is 45.3 Å². The van der Waals surface area contributed by atoms with Crippen LogP contribution in [0.25, 0.3) is 10.9 Å². The fourth-order valence-corrected chi connectivity index (χ4v) is 3.09. The molecule has 2 aromatic rings. The molecule has 0 atom stereocenters. The van der Waals surface area contributed by atoms with Crippen LogP contribution in [0.3, 0.4) is 0 Å². The normalized spacial score (nSPS) is 16.0. The Hall–Kier alpha value is -1.97. The third kappa shape index (κ3) is 2.62. The van der Waals surface area contributed by atoms with E-state index in [2.05, 4.69) is 4.98 Å². The maximum atomic E-state index is 12.8. The third-order valence-electron chi connectivity index (χ3n) is 4.37. The Balaban J connectivity index is 1.95. The minimum atomic E-state index is 0.129. The van der Waals surface area contributed by atoms with Crippen LogP contribution in [-0.2, 0) is 0 Å². The van der Waals surface area contributed by atoms with Gasteiger partial charge in [0.1, 0.15) is 11.4 Å². The number of methoxy groups -OCH3 is 1. The van der Waals surface area contributed by atoms with Crippen LogP contribution in [0.4, 0.5) is 0 Å². The van der Waals surface area contributed by atoms with Gasteiger partial charge in [-0.1, -0.05) is 12.8 Å². The van der Waals surface area contributed by atoms with Crippen LogP contribution in [0.2, 0.25) is 0 Å². The van der Waals surface area contributed by atoms with Crippen molar-refractivity contribution >= 4 is 16.8 Å². The number of ether oxygens (including phenoxy) is 1. The average Bonchev–Trinajstić information content (AvgIpc) is 2.71. The Morgan fingerprint density at radius 1 is 1.19 bits per heavy atom. The Kier molecular flexibility index (Phi) is 3.86. The molecule has 1 N–H and O–H groups in total. The largest absolute Gasteiger partial charge is 0.497 e. The number of nitrogens with zero attached hydrogens (tertiary/aromatic N) is 1. The Labute approximate surface area is 125 Å². The molecule has 0 saturated carbocycles. The summed E-state index contributed by atoms with van der Waals surface area (Å²) in [5.74, 6) is 0.932. The lowest BCUT2D eigenvalue weighted by Gasteiger charge is -2.19. The fourth-order valence-electron chi connectivity index (χ4n) is 3.09. The molecular formula is C17H22N2O2. The van der Waals surface area contributed by atoms with Crippen LogP contribution in [0, 0.1) is 6.92 Å². The highest BCUT2D eigenvalue weighted by molar-refractivity contribution is 6.01. The second kappa shape index (κ2) is 5.80. The number of rotatable bonds is 2. The molecule has 1 amide bonds. The molecule has 1 aromatic carbocycles. The number of hydrogen-bond donors (Lipinski definition) is 1. The molecule has 0 aliphatic carbocycles. The monoisotopic (exact) mass is 286 g/mol. The van der Waals surface area contributed by atoms with Gasteiger partial charge < -0.3 is 14.6 Å². The van der Waals surface area contributed by atoms with E-state index in [-0.39, 0.29) is 5.91 Å². The number of carbonyl (C=O) groups excluding carboxylic acids is 1. The number of hydrogen-bond acceptors (Lipinski definition) is 2. The molecule has 3 rings (SSSR count). The van der Waals surface area contributed by atoms with Gasteiger partial charge in [-0.25, -0.2) is 0 Å². The first-order chi connectivity index (χ1) is 10.2. The lowest BCUT2D eigenvalue weighted by atomic mass is 10.1. The Bertz CT molecular complexity index is 652. The van der Waals surface area contributed by atoms with Crippen molar-refractivity contribution in [2.24, 2.45) is 0 Å². The van der Waals surface area contributed by atoms with Gasteiger partial charge in [-0.05, 0) is 37.5 Å². The average molecular weight is 286 g/mol. The summed E-state index contributed by atoms with van der Waals surface area (Å²) < 4.78 is 5.25. The van der Waals surface area contributed by atoms with Gasteiger partial charge in [-0.3, -0.25) is 4.79 Å². The number of likely N-dealkylation sites (tertiary alicyclic amines) is 1. The lowest BCUT2D eigenvalue weighted by molar-refractivity contribution is 0.0756. The second-order valence-corrected chi connectivity index (χ2v) is 5.74. The van der Waals surface area contributed by atoms with Crippen molar-refractivity contribution in [1.29, 1.82) is 0 Å². The zero-order chi connectivity index (χ0) is 14.8. The number of H-pyrrole nitrogens is 1. The zero-order valence-electron chi connectivity index (χ0n) is 12.7. The summed E-state index contributed by atoms with van der Waals surface area (Å²) in [7, 11) is 1.65. The van der Waals surface area contributed by atoms with Gasteiger partial charge in [0.25, 0.3) is 5.91 Å². The summed E-state index contributed by atoms with van der Waals surface area (Å²) in [5, 5.41) is 1.09. The first-order valence-corrected chi connectivity index (χ1v) is 7.66. The molecule has 4 heteroatoms. The van der Waals surface area contributed by atoms with Gasteiger partial charge in [-0.15, -0.1) is 0 Å². The van der Waals surface area contributed by atoms with Crippen molar-refractivity contribution in [3.05, 3.63) is 29.5 Å². The molecule has 1 aliphatic heterocycles. The molecule has 21 heavy (non-hydrogen) atoms. The van der Waals surface area contributed by atoms with Crippen molar-refractivity contribution < 1.29 is 9.53 Å². The Morgan fingerprint density at radius 2 is 1.90 bits per heavy atom. The van der Waals surface area contributed by atoms with Crippen molar-refractivity contribution in [1.82, 2.24) is 9.88 Å². The number of aromatic amines is 1. The summed E-state index contributed by atoms with van der Waals surface area (Å²) in [6.45, 7) is 3.75. The molecule has 2 heterocycles. The molecule has 0 unspecified atom stereocenters. The van der Waals surface area contributed by atoms with E-state index in [1.54, 1.807) is 7.11 Å². The van der Waals surface area contributed by atoms with Crippen molar-refractivity contribution in [2.75, 3.05) is 20.2 Å². The molecule has 1 aromatic heterocycles. The molecule has 4 nitrogen and oxygen atoms in total. The number of aryl methyl sites for hydroxylation is 1.